The van der Waals surface area contributed by atoms with Crippen molar-refractivity contribution in [2.75, 3.05) is 5.32 Å². The minimum atomic E-state index is -0.520. The molecule has 38 heavy (non-hydrogen) atoms. The Morgan fingerprint density at radius 1 is 0.921 bits per heavy atom. The SMILES string of the molecule is Cc1ccc(COc2ccc(NC(=O)/C(C#N)=C/c3ccc(OCc4ccc(F)cc4)c(Br)c3)cc2)cc1. The Balaban J connectivity index is 1.34. The topological polar surface area (TPSA) is 71.3 Å². The van der Waals surface area contributed by atoms with Crippen LogP contribution in [0.5, 0.6) is 11.5 Å². The van der Waals surface area contributed by atoms with Gasteiger partial charge in [0, 0.05) is 5.69 Å². The molecule has 4 aromatic rings. The molecular formula is C31H24BrFN2O3. The van der Waals surface area contributed by atoms with Crippen LogP contribution in [0.2, 0.25) is 0 Å². The van der Waals surface area contributed by atoms with E-state index in [9.17, 15) is 14.4 Å². The van der Waals surface area contributed by atoms with Crippen LogP contribution < -0.4 is 14.8 Å². The fraction of sp³-hybridized carbons (Fsp3) is 0.0968. The molecule has 1 N–H and O–H groups in total. The van der Waals surface area contributed by atoms with Gasteiger partial charge in [-0.1, -0.05) is 48.0 Å². The first-order valence-corrected chi connectivity index (χ1v) is 12.6. The van der Waals surface area contributed by atoms with Gasteiger partial charge in [-0.15, -0.1) is 0 Å². The average Bonchev–Trinajstić information content (AvgIpc) is 2.92. The Hall–Kier alpha value is -4.41. The summed E-state index contributed by atoms with van der Waals surface area (Å²) in [6.07, 6.45) is 1.50. The van der Waals surface area contributed by atoms with E-state index in [1.807, 2.05) is 37.3 Å². The molecule has 4 aromatic carbocycles. The number of halogens is 2. The standard InChI is InChI=1S/C31H24BrFN2O3/c1-21-2-4-22(5-3-21)19-37-28-13-11-27(12-14-28)35-31(36)25(18-34)16-24-8-15-30(29(32)17-24)38-20-23-6-9-26(33)10-7-23/h2-17H,19-20H2,1H3,(H,35,36)/b25-16+. The second kappa shape index (κ2) is 12.7. The number of hydrogen-bond acceptors (Lipinski definition) is 4. The van der Waals surface area contributed by atoms with Crippen molar-refractivity contribution in [2.45, 2.75) is 20.1 Å². The molecule has 7 heteroatoms. The summed E-state index contributed by atoms with van der Waals surface area (Å²) >= 11 is 3.46. The number of rotatable bonds is 9. The quantitative estimate of drug-likeness (QED) is 0.166. The molecule has 0 fully saturated rings. The summed E-state index contributed by atoms with van der Waals surface area (Å²) in [5, 5.41) is 12.3. The van der Waals surface area contributed by atoms with Crippen LogP contribution in [0.4, 0.5) is 10.1 Å². The van der Waals surface area contributed by atoms with E-state index in [4.69, 9.17) is 9.47 Å². The molecule has 0 bridgehead atoms. The molecule has 0 aliphatic carbocycles. The monoisotopic (exact) mass is 570 g/mol. The number of carbonyl (C=O) groups is 1. The van der Waals surface area contributed by atoms with Crippen molar-refractivity contribution in [3.63, 3.8) is 0 Å². The number of hydrogen-bond donors (Lipinski definition) is 1. The van der Waals surface area contributed by atoms with Gasteiger partial charge in [0.25, 0.3) is 5.91 Å². The van der Waals surface area contributed by atoms with E-state index in [1.54, 1.807) is 54.6 Å². The Labute approximate surface area is 229 Å². The second-order valence-electron chi connectivity index (χ2n) is 8.53. The first kappa shape index (κ1) is 26.6. The molecule has 0 aliphatic heterocycles. The van der Waals surface area contributed by atoms with Gasteiger partial charge in [-0.2, -0.15) is 5.26 Å². The molecule has 0 saturated carbocycles. The van der Waals surface area contributed by atoms with E-state index in [0.29, 0.717) is 33.8 Å². The molecule has 0 heterocycles. The second-order valence-corrected chi connectivity index (χ2v) is 9.38. The highest BCUT2D eigenvalue weighted by Gasteiger charge is 2.11. The number of anilines is 1. The zero-order valence-electron chi connectivity index (χ0n) is 20.6. The maximum Gasteiger partial charge on any atom is 0.266 e. The van der Waals surface area contributed by atoms with Crippen LogP contribution in [-0.4, -0.2) is 5.91 Å². The van der Waals surface area contributed by atoms with Crippen LogP contribution in [0.25, 0.3) is 6.08 Å². The minimum Gasteiger partial charge on any atom is -0.489 e. The summed E-state index contributed by atoms with van der Waals surface area (Å²) in [4.78, 5) is 12.7. The van der Waals surface area contributed by atoms with Gasteiger partial charge in [-0.25, -0.2) is 4.39 Å². The lowest BCUT2D eigenvalue weighted by atomic mass is 10.1. The van der Waals surface area contributed by atoms with Gasteiger partial charge in [0.2, 0.25) is 0 Å². The molecule has 190 valence electrons. The summed E-state index contributed by atoms with van der Waals surface area (Å²) in [6.45, 7) is 2.75. The van der Waals surface area contributed by atoms with Crippen LogP contribution in [0, 0.1) is 24.1 Å². The van der Waals surface area contributed by atoms with Gasteiger partial charge >= 0.3 is 0 Å². The van der Waals surface area contributed by atoms with Crippen LogP contribution in [0.1, 0.15) is 22.3 Å². The van der Waals surface area contributed by atoms with E-state index < -0.39 is 5.91 Å². The molecule has 4 rings (SSSR count). The van der Waals surface area contributed by atoms with E-state index in [2.05, 4.69) is 21.2 Å². The maximum atomic E-state index is 13.1. The lowest BCUT2D eigenvalue weighted by Crippen LogP contribution is -2.13. The smallest absolute Gasteiger partial charge is 0.266 e. The highest BCUT2D eigenvalue weighted by molar-refractivity contribution is 9.10. The van der Waals surface area contributed by atoms with E-state index >= 15 is 0 Å². The van der Waals surface area contributed by atoms with Crippen molar-refractivity contribution in [3.8, 4) is 17.6 Å². The Morgan fingerprint density at radius 2 is 1.55 bits per heavy atom. The van der Waals surface area contributed by atoms with E-state index in [1.165, 1.54) is 23.8 Å². The number of nitrogens with one attached hydrogen (secondary N) is 1. The molecular weight excluding hydrogens is 547 g/mol. The first-order chi connectivity index (χ1) is 18.4. The number of amides is 1. The zero-order chi connectivity index (χ0) is 26.9. The Bertz CT molecular complexity index is 1480. The molecule has 1 amide bonds. The van der Waals surface area contributed by atoms with Crippen molar-refractivity contribution in [2.24, 2.45) is 0 Å². The van der Waals surface area contributed by atoms with Crippen molar-refractivity contribution >= 4 is 33.6 Å². The summed E-state index contributed by atoms with van der Waals surface area (Å²) in [7, 11) is 0. The summed E-state index contributed by atoms with van der Waals surface area (Å²) < 4.78 is 25.3. The molecule has 0 saturated heterocycles. The number of benzene rings is 4. The normalized spacial score (nSPS) is 10.9. The molecule has 0 aromatic heterocycles. The van der Waals surface area contributed by atoms with Crippen molar-refractivity contribution in [1.82, 2.24) is 0 Å². The molecule has 0 atom stereocenters. The lowest BCUT2D eigenvalue weighted by molar-refractivity contribution is -0.112. The predicted octanol–water partition coefficient (Wildman–Crippen LogP) is 7.60. The van der Waals surface area contributed by atoms with Crippen molar-refractivity contribution in [3.05, 3.63) is 129 Å². The Kier molecular flexibility index (Phi) is 8.91. The average molecular weight is 571 g/mol. The van der Waals surface area contributed by atoms with E-state index in [-0.39, 0.29) is 18.0 Å². The zero-order valence-corrected chi connectivity index (χ0v) is 22.2. The number of nitriles is 1. The third-order valence-electron chi connectivity index (χ3n) is 5.58. The number of nitrogens with zero attached hydrogens (tertiary/aromatic N) is 1. The van der Waals surface area contributed by atoms with Crippen LogP contribution in [-0.2, 0) is 18.0 Å². The number of carbonyl (C=O) groups excluding carboxylic acids is 1. The molecule has 0 unspecified atom stereocenters. The molecule has 0 spiro atoms. The van der Waals surface area contributed by atoms with Gasteiger partial charge in [0.15, 0.2) is 0 Å². The van der Waals surface area contributed by atoms with Crippen LogP contribution >= 0.6 is 15.9 Å². The van der Waals surface area contributed by atoms with Crippen LogP contribution in [0.3, 0.4) is 0 Å². The molecule has 0 radical (unpaired) electrons. The highest BCUT2D eigenvalue weighted by Crippen LogP contribution is 2.28. The van der Waals surface area contributed by atoms with Crippen LogP contribution in [0.15, 0.2) is 101 Å². The molecule has 0 aliphatic rings. The first-order valence-electron chi connectivity index (χ1n) is 11.8. The minimum absolute atomic E-state index is 0.0448. The largest absolute Gasteiger partial charge is 0.489 e. The maximum absolute atomic E-state index is 13.1. The predicted molar refractivity (Wildman–Crippen MR) is 149 cm³/mol. The van der Waals surface area contributed by atoms with Gasteiger partial charge in [-0.05, 0) is 94.2 Å². The summed E-state index contributed by atoms with van der Waals surface area (Å²) in [5.41, 5.74) is 4.24. The van der Waals surface area contributed by atoms with Gasteiger partial charge < -0.3 is 14.8 Å². The van der Waals surface area contributed by atoms with Crippen molar-refractivity contribution in [1.29, 1.82) is 5.26 Å². The fourth-order valence-corrected chi connectivity index (χ4v) is 3.98. The van der Waals surface area contributed by atoms with Crippen molar-refractivity contribution < 1.29 is 18.7 Å². The highest BCUT2D eigenvalue weighted by atomic mass is 79.9. The third-order valence-corrected chi connectivity index (χ3v) is 6.20. The number of aryl methyl sites for hydroxylation is 1. The van der Waals surface area contributed by atoms with Gasteiger partial charge in [-0.3, -0.25) is 4.79 Å². The lowest BCUT2D eigenvalue weighted by Gasteiger charge is -2.10. The van der Waals surface area contributed by atoms with Gasteiger partial charge in [0.1, 0.15) is 42.2 Å². The van der Waals surface area contributed by atoms with E-state index in [0.717, 1.165) is 11.1 Å². The molecule has 5 nitrogen and oxygen atoms in total. The Morgan fingerprint density at radius 3 is 2.18 bits per heavy atom. The summed E-state index contributed by atoms with van der Waals surface area (Å²) in [6, 6.07) is 28.4. The third kappa shape index (κ3) is 7.55. The fourth-order valence-electron chi connectivity index (χ4n) is 3.46. The summed E-state index contributed by atoms with van der Waals surface area (Å²) in [5.74, 6) is 0.433. The van der Waals surface area contributed by atoms with Gasteiger partial charge in [0.05, 0.1) is 4.47 Å². The number of ether oxygens (including phenoxy) is 2.